The third-order valence-electron chi connectivity index (χ3n) is 4.47. The van der Waals surface area contributed by atoms with E-state index in [-0.39, 0.29) is 12.5 Å². The topological polar surface area (TPSA) is 77.2 Å². The Balaban J connectivity index is 1.45. The minimum Gasteiger partial charge on any atom is -0.484 e. The Hall–Kier alpha value is -3.19. The summed E-state index contributed by atoms with van der Waals surface area (Å²) in [7, 11) is 0. The number of fused-ring (bicyclic) bond motifs is 1. The molecule has 4 rings (SSSR count). The van der Waals surface area contributed by atoms with Crippen molar-refractivity contribution < 1.29 is 13.9 Å². The summed E-state index contributed by atoms with van der Waals surface area (Å²) >= 11 is 3.39. The fourth-order valence-corrected chi connectivity index (χ4v) is 3.17. The number of halogens is 1. The molecule has 6 nitrogen and oxygen atoms in total. The lowest BCUT2D eigenvalue weighted by Crippen LogP contribution is -2.20. The number of carbonyl (C=O) groups is 1. The van der Waals surface area contributed by atoms with E-state index in [0.717, 1.165) is 15.6 Å². The molecule has 0 aliphatic heterocycles. The molecule has 0 unspecified atom stereocenters. The second-order valence-corrected chi connectivity index (χ2v) is 7.59. The number of ether oxygens (including phenoxy) is 1. The van der Waals surface area contributed by atoms with Crippen molar-refractivity contribution in [2.24, 2.45) is 0 Å². The number of rotatable bonds is 5. The van der Waals surface area contributed by atoms with Crippen molar-refractivity contribution in [3.05, 3.63) is 70.5 Å². The molecule has 7 heteroatoms. The standard InChI is InChI=1S/C22H18BrN3O3/c1-13-3-5-18(7-14(13)2)28-12-21(27)25-17-4-6-20-19(9-17)26-22(29-20)15-8-16(23)11-24-10-15/h3-11H,12H2,1-2H3,(H,25,27). The third kappa shape index (κ3) is 4.46. The largest absolute Gasteiger partial charge is 0.484 e. The van der Waals surface area contributed by atoms with Crippen LogP contribution in [0.2, 0.25) is 0 Å². The predicted octanol–water partition coefficient (Wildman–Crippen LogP) is 5.29. The molecule has 0 atom stereocenters. The second-order valence-electron chi connectivity index (χ2n) is 6.68. The van der Waals surface area contributed by atoms with Crippen LogP contribution in [0.1, 0.15) is 11.1 Å². The number of nitrogens with zero attached hydrogens (tertiary/aromatic N) is 2. The number of carbonyl (C=O) groups excluding carboxylic acids is 1. The summed E-state index contributed by atoms with van der Waals surface area (Å²) in [6.07, 6.45) is 3.38. The van der Waals surface area contributed by atoms with E-state index in [0.29, 0.717) is 28.4 Å². The summed E-state index contributed by atoms with van der Waals surface area (Å²) < 4.78 is 12.2. The van der Waals surface area contributed by atoms with Gasteiger partial charge in [0.2, 0.25) is 5.89 Å². The van der Waals surface area contributed by atoms with Gasteiger partial charge in [0, 0.05) is 22.6 Å². The zero-order valence-corrected chi connectivity index (χ0v) is 17.5. The van der Waals surface area contributed by atoms with Gasteiger partial charge in [0.15, 0.2) is 12.2 Å². The Kier molecular flexibility index (Phi) is 5.31. The van der Waals surface area contributed by atoms with E-state index < -0.39 is 0 Å². The molecule has 0 aliphatic carbocycles. The van der Waals surface area contributed by atoms with E-state index in [9.17, 15) is 4.79 Å². The smallest absolute Gasteiger partial charge is 0.262 e. The molecule has 0 radical (unpaired) electrons. The first-order valence-corrected chi connectivity index (χ1v) is 9.79. The van der Waals surface area contributed by atoms with Gasteiger partial charge in [-0.05, 0) is 77.3 Å². The van der Waals surface area contributed by atoms with Crippen LogP contribution in [-0.2, 0) is 4.79 Å². The molecule has 1 amide bonds. The molecule has 0 aliphatic rings. The summed E-state index contributed by atoms with van der Waals surface area (Å²) in [5.74, 6) is 0.889. The molecule has 0 spiro atoms. The Bertz CT molecular complexity index is 1200. The lowest BCUT2D eigenvalue weighted by molar-refractivity contribution is -0.118. The zero-order chi connectivity index (χ0) is 20.4. The highest BCUT2D eigenvalue weighted by atomic mass is 79.9. The van der Waals surface area contributed by atoms with Gasteiger partial charge in [0.05, 0.1) is 5.56 Å². The molecule has 0 saturated carbocycles. The van der Waals surface area contributed by atoms with Crippen molar-refractivity contribution in [2.45, 2.75) is 13.8 Å². The van der Waals surface area contributed by atoms with Crippen LogP contribution < -0.4 is 10.1 Å². The summed E-state index contributed by atoms with van der Waals surface area (Å²) in [6.45, 7) is 3.96. The highest BCUT2D eigenvalue weighted by Gasteiger charge is 2.11. The number of anilines is 1. The van der Waals surface area contributed by atoms with Gasteiger partial charge in [-0.3, -0.25) is 9.78 Å². The van der Waals surface area contributed by atoms with Crippen molar-refractivity contribution in [2.75, 3.05) is 11.9 Å². The maximum absolute atomic E-state index is 12.2. The lowest BCUT2D eigenvalue weighted by Gasteiger charge is -2.09. The van der Waals surface area contributed by atoms with E-state index in [2.05, 4.69) is 31.2 Å². The number of oxazole rings is 1. The molecule has 29 heavy (non-hydrogen) atoms. The number of aryl methyl sites for hydroxylation is 2. The second kappa shape index (κ2) is 8.05. The fraction of sp³-hybridized carbons (Fsp3) is 0.136. The van der Waals surface area contributed by atoms with Gasteiger partial charge >= 0.3 is 0 Å². The SMILES string of the molecule is Cc1ccc(OCC(=O)Nc2ccc3oc(-c4cncc(Br)c4)nc3c2)cc1C. The van der Waals surface area contributed by atoms with E-state index in [1.165, 1.54) is 5.56 Å². The van der Waals surface area contributed by atoms with Crippen molar-refractivity contribution in [1.82, 2.24) is 9.97 Å². The van der Waals surface area contributed by atoms with Gasteiger partial charge < -0.3 is 14.5 Å². The van der Waals surface area contributed by atoms with Crippen LogP contribution in [-0.4, -0.2) is 22.5 Å². The number of pyridine rings is 1. The van der Waals surface area contributed by atoms with Crippen molar-refractivity contribution in [3.63, 3.8) is 0 Å². The first-order valence-electron chi connectivity index (χ1n) is 8.99. The lowest BCUT2D eigenvalue weighted by atomic mass is 10.1. The van der Waals surface area contributed by atoms with Crippen LogP contribution in [0.3, 0.4) is 0 Å². The molecule has 0 bridgehead atoms. The highest BCUT2D eigenvalue weighted by Crippen LogP contribution is 2.27. The summed E-state index contributed by atoms with van der Waals surface area (Å²) in [6, 6.07) is 12.9. The normalized spacial score (nSPS) is 10.9. The average molecular weight is 452 g/mol. The number of aromatic nitrogens is 2. The molecule has 2 aromatic heterocycles. The molecule has 146 valence electrons. The van der Waals surface area contributed by atoms with E-state index in [1.54, 1.807) is 30.6 Å². The van der Waals surface area contributed by atoms with E-state index in [4.69, 9.17) is 9.15 Å². The molecule has 1 N–H and O–H groups in total. The minimum atomic E-state index is -0.248. The number of nitrogens with one attached hydrogen (secondary N) is 1. The van der Waals surface area contributed by atoms with E-state index >= 15 is 0 Å². The maximum atomic E-state index is 12.2. The third-order valence-corrected chi connectivity index (χ3v) is 4.91. The van der Waals surface area contributed by atoms with Gasteiger partial charge in [-0.15, -0.1) is 0 Å². The summed E-state index contributed by atoms with van der Waals surface area (Å²) in [5.41, 5.74) is 4.97. The van der Waals surface area contributed by atoms with Crippen molar-refractivity contribution >= 4 is 38.6 Å². The maximum Gasteiger partial charge on any atom is 0.262 e. The summed E-state index contributed by atoms with van der Waals surface area (Å²) in [5, 5.41) is 2.82. The predicted molar refractivity (Wildman–Crippen MR) is 115 cm³/mol. The van der Waals surface area contributed by atoms with Crippen molar-refractivity contribution in [1.29, 1.82) is 0 Å². The van der Waals surface area contributed by atoms with Crippen LogP contribution in [0, 0.1) is 13.8 Å². The summed E-state index contributed by atoms with van der Waals surface area (Å²) in [4.78, 5) is 20.9. The fourth-order valence-electron chi connectivity index (χ4n) is 2.81. The van der Waals surface area contributed by atoms with Gasteiger partial charge in [-0.25, -0.2) is 4.98 Å². The van der Waals surface area contributed by atoms with Gasteiger partial charge in [-0.2, -0.15) is 0 Å². The molecule has 2 aromatic carbocycles. The Morgan fingerprint density at radius 1 is 1.10 bits per heavy atom. The Labute approximate surface area is 176 Å². The molecular formula is C22H18BrN3O3. The molecular weight excluding hydrogens is 434 g/mol. The minimum absolute atomic E-state index is 0.0751. The van der Waals surface area contributed by atoms with Crippen molar-refractivity contribution in [3.8, 4) is 17.2 Å². The molecule has 4 aromatic rings. The highest BCUT2D eigenvalue weighted by molar-refractivity contribution is 9.10. The quantitative estimate of drug-likeness (QED) is 0.446. The molecule has 0 fully saturated rings. The number of benzene rings is 2. The number of amides is 1. The van der Waals surface area contributed by atoms with Crippen LogP contribution in [0.4, 0.5) is 5.69 Å². The zero-order valence-electron chi connectivity index (χ0n) is 15.9. The number of hydrogen-bond donors (Lipinski definition) is 1. The van der Waals surface area contributed by atoms with Crippen LogP contribution in [0.25, 0.3) is 22.6 Å². The molecule has 2 heterocycles. The Morgan fingerprint density at radius 2 is 1.97 bits per heavy atom. The van der Waals surface area contributed by atoms with Crippen LogP contribution >= 0.6 is 15.9 Å². The molecule has 0 saturated heterocycles. The van der Waals surface area contributed by atoms with Gasteiger partial charge in [-0.1, -0.05) is 6.07 Å². The average Bonchev–Trinajstić information content (AvgIpc) is 3.12. The van der Waals surface area contributed by atoms with Gasteiger partial charge in [0.1, 0.15) is 11.3 Å². The first-order chi connectivity index (χ1) is 14.0. The number of hydrogen-bond acceptors (Lipinski definition) is 5. The van der Waals surface area contributed by atoms with Crippen LogP contribution in [0.15, 0.2) is 63.7 Å². The monoisotopic (exact) mass is 451 g/mol. The van der Waals surface area contributed by atoms with Crippen LogP contribution in [0.5, 0.6) is 5.75 Å². The first kappa shape index (κ1) is 19.1. The van der Waals surface area contributed by atoms with Gasteiger partial charge in [0.25, 0.3) is 5.91 Å². The van der Waals surface area contributed by atoms with E-state index in [1.807, 2.05) is 38.1 Å². The Morgan fingerprint density at radius 3 is 2.76 bits per heavy atom.